The topological polar surface area (TPSA) is 92.8 Å². The molecule has 1 aliphatic heterocycles. The van der Waals surface area contributed by atoms with E-state index in [1.807, 2.05) is 13.8 Å². The lowest BCUT2D eigenvalue weighted by Crippen LogP contribution is -2.48. The molecule has 1 aromatic heterocycles. The number of rotatable bonds is 7. The third-order valence-electron chi connectivity index (χ3n) is 6.41. The number of carbonyl (C=O) groups excluding carboxylic acids is 4. The zero-order valence-corrected chi connectivity index (χ0v) is 20.8. The molecule has 0 saturated heterocycles. The number of nitrogens with zero attached hydrogens (tertiary/aromatic N) is 1. The largest absolute Gasteiger partial charge is 0.462 e. The molecular weight excluding hydrogens is 452 g/mol. The van der Waals surface area contributed by atoms with Crippen LogP contribution in [0.25, 0.3) is 0 Å². The highest BCUT2D eigenvalue weighted by Crippen LogP contribution is 2.44. The smallest absolute Gasteiger partial charge is 0.341 e. The Morgan fingerprint density at radius 3 is 2.41 bits per heavy atom. The van der Waals surface area contributed by atoms with Gasteiger partial charge in [0.05, 0.1) is 23.3 Å². The molecule has 2 aromatic rings. The van der Waals surface area contributed by atoms with Crippen molar-refractivity contribution in [3.63, 3.8) is 0 Å². The zero-order chi connectivity index (χ0) is 24.6. The van der Waals surface area contributed by atoms with Crippen molar-refractivity contribution in [1.82, 2.24) is 4.90 Å². The average molecular weight is 483 g/mol. The first kappa shape index (κ1) is 24.1. The third kappa shape index (κ3) is 4.27. The van der Waals surface area contributed by atoms with Gasteiger partial charge in [-0.1, -0.05) is 32.9 Å². The van der Waals surface area contributed by atoms with E-state index >= 15 is 0 Å². The van der Waals surface area contributed by atoms with E-state index in [-0.39, 0.29) is 18.4 Å². The highest BCUT2D eigenvalue weighted by atomic mass is 32.1. The molecule has 0 radical (unpaired) electrons. The van der Waals surface area contributed by atoms with Gasteiger partial charge in [-0.05, 0) is 62.1 Å². The minimum absolute atomic E-state index is 0.0566. The third-order valence-corrected chi connectivity index (χ3v) is 7.59. The Labute approximate surface area is 203 Å². The maximum Gasteiger partial charge on any atom is 0.341 e. The van der Waals surface area contributed by atoms with Gasteiger partial charge >= 0.3 is 5.97 Å². The summed E-state index contributed by atoms with van der Waals surface area (Å²) in [5, 5.41) is 3.35. The Kier molecular flexibility index (Phi) is 6.89. The fourth-order valence-corrected chi connectivity index (χ4v) is 6.22. The molecule has 1 aliphatic carbocycles. The molecule has 3 amide bonds. The van der Waals surface area contributed by atoms with E-state index in [0.29, 0.717) is 28.1 Å². The van der Waals surface area contributed by atoms with Crippen LogP contribution in [0, 0.1) is 5.92 Å². The number of aryl methyl sites for hydroxylation is 1. The highest BCUT2D eigenvalue weighted by Gasteiger charge is 2.43. The Hall–Kier alpha value is -3.00. The Balaban J connectivity index is 1.69. The van der Waals surface area contributed by atoms with Crippen molar-refractivity contribution in [2.24, 2.45) is 5.92 Å². The van der Waals surface area contributed by atoms with Crippen molar-refractivity contribution in [2.75, 3.05) is 11.9 Å². The molecule has 180 valence electrons. The molecule has 8 heteroatoms. The molecule has 2 unspecified atom stereocenters. The summed E-state index contributed by atoms with van der Waals surface area (Å²) in [6, 6.07) is 5.63. The summed E-state index contributed by atoms with van der Waals surface area (Å²) in [7, 11) is 0. The Morgan fingerprint density at radius 2 is 1.82 bits per heavy atom. The van der Waals surface area contributed by atoms with Gasteiger partial charge in [0.1, 0.15) is 11.0 Å². The van der Waals surface area contributed by atoms with E-state index in [0.717, 1.165) is 34.6 Å². The number of carbonyl (C=O) groups is 4. The summed E-state index contributed by atoms with van der Waals surface area (Å²) < 4.78 is 5.32. The van der Waals surface area contributed by atoms with Crippen LogP contribution in [0.2, 0.25) is 0 Å². The van der Waals surface area contributed by atoms with Crippen LogP contribution in [0.5, 0.6) is 0 Å². The molecular formula is C26H30N2O5S. The van der Waals surface area contributed by atoms with Crippen LogP contribution in [0.1, 0.15) is 94.4 Å². The number of anilines is 1. The van der Waals surface area contributed by atoms with Gasteiger partial charge in [0, 0.05) is 4.88 Å². The normalized spacial score (nSPS) is 18.0. The van der Waals surface area contributed by atoms with Crippen LogP contribution in [-0.4, -0.2) is 41.2 Å². The predicted molar refractivity (Wildman–Crippen MR) is 130 cm³/mol. The maximum absolute atomic E-state index is 13.6. The second kappa shape index (κ2) is 9.70. The summed E-state index contributed by atoms with van der Waals surface area (Å²) in [6.45, 7) is 7.94. The van der Waals surface area contributed by atoms with Crippen LogP contribution in [-0.2, 0) is 16.0 Å². The number of benzene rings is 1. The SMILES string of the molecule is CCOC(=O)c1c(NC(=O)C(CC(C)C)N2C(=O)c3ccccc3C2=O)sc2c1C(C)CCC2. The molecule has 2 heterocycles. The number of nitrogens with one attached hydrogen (secondary N) is 1. The Bertz CT molecular complexity index is 1120. The molecule has 0 fully saturated rings. The number of esters is 1. The van der Waals surface area contributed by atoms with Crippen LogP contribution < -0.4 is 5.32 Å². The minimum atomic E-state index is -0.987. The summed E-state index contributed by atoms with van der Waals surface area (Å²) in [4.78, 5) is 54.9. The van der Waals surface area contributed by atoms with Gasteiger partial charge in [0.25, 0.3) is 11.8 Å². The average Bonchev–Trinajstić information content (AvgIpc) is 3.28. The van der Waals surface area contributed by atoms with Gasteiger partial charge < -0.3 is 10.1 Å². The molecule has 1 N–H and O–H groups in total. The predicted octanol–water partition coefficient (Wildman–Crippen LogP) is 5.01. The van der Waals surface area contributed by atoms with Gasteiger partial charge in [0.15, 0.2) is 0 Å². The van der Waals surface area contributed by atoms with Crippen LogP contribution >= 0.6 is 11.3 Å². The van der Waals surface area contributed by atoms with Crippen LogP contribution in [0.3, 0.4) is 0 Å². The van der Waals surface area contributed by atoms with Crippen molar-refractivity contribution in [3.8, 4) is 0 Å². The van der Waals surface area contributed by atoms with E-state index in [2.05, 4.69) is 12.2 Å². The highest BCUT2D eigenvalue weighted by molar-refractivity contribution is 7.17. The number of amides is 3. The monoisotopic (exact) mass is 482 g/mol. The van der Waals surface area contributed by atoms with Gasteiger partial charge in [-0.3, -0.25) is 19.3 Å². The van der Waals surface area contributed by atoms with Crippen molar-refractivity contribution in [2.45, 2.75) is 65.3 Å². The maximum atomic E-state index is 13.6. The number of ether oxygens (including phenoxy) is 1. The van der Waals surface area contributed by atoms with Crippen LogP contribution in [0.4, 0.5) is 5.00 Å². The van der Waals surface area contributed by atoms with Gasteiger partial charge in [-0.15, -0.1) is 11.3 Å². The van der Waals surface area contributed by atoms with Crippen molar-refractivity contribution in [1.29, 1.82) is 0 Å². The summed E-state index contributed by atoms with van der Waals surface area (Å²) in [6.07, 6.45) is 3.15. The first-order valence-electron chi connectivity index (χ1n) is 11.8. The Morgan fingerprint density at radius 1 is 1.18 bits per heavy atom. The number of imide groups is 1. The van der Waals surface area contributed by atoms with E-state index in [1.165, 1.54) is 11.3 Å². The molecule has 0 spiro atoms. The molecule has 7 nitrogen and oxygen atoms in total. The molecule has 2 atom stereocenters. The van der Waals surface area contributed by atoms with Gasteiger partial charge in [0.2, 0.25) is 5.91 Å². The molecule has 4 rings (SSSR count). The number of hydrogen-bond donors (Lipinski definition) is 1. The lowest BCUT2D eigenvalue weighted by atomic mass is 9.86. The summed E-state index contributed by atoms with van der Waals surface area (Å²) in [5.74, 6) is -1.61. The van der Waals surface area contributed by atoms with E-state index in [1.54, 1.807) is 31.2 Å². The number of thiophene rings is 1. The standard InChI is InChI=1S/C26H30N2O5S/c1-5-33-26(32)21-20-15(4)9-8-12-19(20)34-23(21)27-22(29)18(13-14(2)3)28-24(30)16-10-6-7-11-17(16)25(28)31/h6-7,10-11,14-15,18H,5,8-9,12-13H2,1-4H3,(H,27,29). The first-order valence-corrected chi connectivity index (χ1v) is 12.7. The summed E-state index contributed by atoms with van der Waals surface area (Å²) in [5.41, 5.74) is 1.97. The second-order valence-corrected chi connectivity index (χ2v) is 10.4. The lowest BCUT2D eigenvalue weighted by molar-refractivity contribution is -0.120. The zero-order valence-electron chi connectivity index (χ0n) is 20.0. The number of fused-ring (bicyclic) bond motifs is 2. The number of hydrogen-bond acceptors (Lipinski definition) is 6. The van der Waals surface area contributed by atoms with Crippen molar-refractivity contribution < 1.29 is 23.9 Å². The fraction of sp³-hybridized carbons (Fsp3) is 0.462. The molecule has 0 bridgehead atoms. The quantitative estimate of drug-likeness (QED) is 0.442. The molecule has 2 aliphatic rings. The molecule has 1 aromatic carbocycles. The van der Waals surface area contributed by atoms with E-state index in [9.17, 15) is 19.2 Å². The van der Waals surface area contributed by atoms with Gasteiger partial charge in [-0.25, -0.2) is 4.79 Å². The molecule has 34 heavy (non-hydrogen) atoms. The fourth-order valence-electron chi connectivity index (χ4n) is 4.87. The summed E-state index contributed by atoms with van der Waals surface area (Å²) >= 11 is 1.39. The van der Waals surface area contributed by atoms with E-state index in [4.69, 9.17) is 4.74 Å². The molecule has 0 saturated carbocycles. The lowest BCUT2D eigenvalue weighted by Gasteiger charge is -2.26. The van der Waals surface area contributed by atoms with Crippen LogP contribution in [0.15, 0.2) is 24.3 Å². The second-order valence-electron chi connectivity index (χ2n) is 9.32. The van der Waals surface area contributed by atoms with E-state index < -0.39 is 29.7 Å². The van der Waals surface area contributed by atoms with Gasteiger partial charge in [-0.2, -0.15) is 0 Å². The first-order chi connectivity index (χ1) is 16.2. The van der Waals surface area contributed by atoms with Crippen molar-refractivity contribution >= 4 is 40.0 Å². The minimum Gasteiger partial charge on any atom is -0.462 e. The van der Waals surface area contributed by atoms with Crippen molar-refractivity contribution in [3.05, 3.63) is 51.4 Å².